The summed E-state index contributed by atoms with van der Waals surface area (Å²) in [6.45, 7) is 1.83. The molecule has 2 bridgehead atoms. The van der Waals surface area contributed by atoms with Crippen LogP contribution >= 0.6 is 11.6 Å². The third kappa shape index (κ3) is 5.85. The maximum atomic E-state index is 13.9. The molecule has 6 rings (SSSR count). The molecule has 5 aliphatic rings. The number of halogens is 2. The van der Waals surface area contributed by atoms with Gasteiger partial charge in [-0.25, -0.2) is 4.39 Å². The van der Waals surface area contributed by atoms with Gasteiger partial charge in [0.2, 0.25) is 5.91 Å². The van der Waals surface area contributed by atoms with E-state index in [0.29, 0.717) is 32.1 Å². The molecule has 1 saturated heterocycles. The Bertz CT molecular complexity index is 1070. The highest BCUT2D eigenvalue weighted by Crippen LogP contribution is 2.49. The molecule has 2 amide bonds. The first-order valence-corrected chi connectivity index (χ1v) is 15.4. The van der Waals surface area contributed by atoms with Crippen molar-refractivity contribution in [3.8, 4) is 5.75 Å². The predicted octanol–water partition coefficient (Wildman–Crippen LogP) is 4.71. The highest BCUT2D eigenvalue weighted by Gasteiger charge is 2.58. The highest BCUT2D eigenvalue weighted by molar-refractivity contribution is 6.30. The zero-order valence-corrected chi connectivity index (χ0v) is 24.2. The summed E-state index contributed by atoms with van der Waals surface area (Å²) in [5, 5.41) is 17.5. The summed E-state index contributed by atoms with van der Waals surface area (Å²) in [5.41, 5.74) is 1.64. The number of aliphatic hydroxyl groups excluding tert-OH is 1. The second-order valence-electron chi connectivity index (χ2n) is 12.5. The van der Waals surface area contributed by atoms with Crippen LogP contribution in [-0.4, -0.2) is 52.9 Å². The van der Waals surface area contributed by atoms with Crippen molar-refractivity contribution in [2.24, 2.45) is 5.41 Å². The summed E-state index contributed by atoms with van der Waals surface area (Å²) < 4.78 is 19.1. The summed E-state index contributed by atoms with van der Waals surface area (Å²) in [7, 11) is 0. The largest absolute Gasteiger partial charge is 0.484 e. The number of benzene rings is 1. The lowest BCUT2D eigenvalue weighted by molar-refractivity contribution is -0.138. The fourth-order valence-corrected chi connectivity index (χ4v) is 7.87. The van der Waals surface area contributed by atoms with E-state index in [9.17, 15) is 19.1 Å². The van der Waals surface area contributed by atoms with Crippen molar-refractivity contribution in [3.63, 3.8) is 0 Å². The molecule has 8 nitrogen and oxygen atoms in total. The molecule has 1 heterocycles. The summed E-state index contributed by atoms with van der Waals surface area (Å²) in [6, 6.07) is 3.60. The zero-order valence-electron chi connectivity index (χ0n) is 23.4. The molecular formula is C30H43ClFN3O5. The number of rotatable bonds is 7. The van der Waals surface area contributed by atoms with Crippen LogP contribution in [0.15, 0.2) is 18.2 Å². The Labute approximate surface area is 241 Å². The van der Waals surface area contributed by atoms with E-state index in [-0.39, 0.29) is 40.7 Å². The molecule has 1 spiro atoms. The van der Waals surface area contributed by atoms with Gasteiger partial charge in [-0.15, -0.1) is 0 Å². The van der Waals surface area contributed by atoms with Gasteiger partial charge in [0.25, 0.3) is 5.91 Å². The van der Waals surface area contributed by atoms with Crippen LogP contribution in [0.4, 0.5) is 4.39 Å². The normalized spacial score (nSPS) is 33.5. The van der Waals surface area contributed by atoms with Gasteiger partial charge < -0.3 is 20.5 Å². The number of nitrogens with one attached hydrogen (secondary N) is 3. The number of carbonyl (C=O) groups excluding carboxylic acids is 2. The smallest absolute Gasteiger partial charge is 0.258 e. The van der Waals surface area contributed by atoms with Gasteiger partial charge in [0.1, 0.15) is 17.6 Å². The van der Waals surface area contributed by atoms with Gasteiger partial charge in [-0.1, -0.05) is 57.0 Å². The first-order valence-electron chi connectivity index (χ1n) is 15.0. The van der Waals surface area contributed by atoms with Crippen molar-refractivity contribution in [2.75, 3.05) is 6.61 Å². The van der Waals surface area contributed by atoms with Crippen LogP contribution in [0.3, 0.4) is 0 Å². The molecule has 40 heavy (non-hydrogen) atoms. The third-order valence-electron chi connectivity index (χ3n) is 10.1. The zero-order chi connectivity index (χ0) is 28.4. The lowest BCUT2D eigenvalue weighted by Gasteiger charge is -2.56. The van der Waals surface area contributed by atoms with Crippen LogP contribution in [0.1, 0.15) is 96.8 Å². The molecule has 1 aromatic rings. The van der Waals surface area contributed by atoms with Gasteiger partial charge in [-0.05, 0) is 63.5 Å². The fraction of sp³-hybridized carbons (Fsp3) is 0.733. The molecule has 1 aliphatic heterocycles. The number of aliphatic hydroxyl groups is 1. The minimum atomic E-state index is -0.803. The number of hydrogen-bond acceptors (Lipinski definition) is 6. The fourth-order valence-electron chi connectivity index (χ4n) is 7.75. The summed E-state index contributed by atoms with van der Waals surface area (Å²) in [5.74, 6) is -0.832. The van der Waals surface area contributed by atoms with Gasteiger partial charge >= 0.3 is 0 Å². The summed E-state index contributed by atoms with van der Waals surface area (Å²) in [4.78, 5) is 32.7. The monoisotopic (exact) mass is 579 g/mol. The Morgan fingerprint density at radius 2 is 1.75 bits per heavy atom. The lowest BCUT2D eigenvalue weighted by Crippen LogP contribution is -2.71. The molecule has 0 aromatic heterocycles. The molecular weight excluding hydrogens is 537 g/mol. The molecule has 10 heteroatoms. The second-order valence-corrected chi connectivity index (χ2v) is 12.9. The molecule has 1 aromatic carbocycles. The van der Waals surface area contributed by atoms with Gasteiger partial charge in [-0.2, -0.15) is 5.48 Å². The van der Waals surface area contributed by atoms with Crippen molar-refractivity contribution >= 4 is 23.4 Å². The number of ether oxygens (including phenoxy) is 1. The molecule has 0 radical (unpaired) electrons. The second kappa shape index (κ2) is 12.1. The maximum Gasteiger partial charge on any atom is 0.258 e. The van der Waals surface area contributed by atoms with E-state index in [4.69, 9.17) is 21.2 Å². The Kier molecular flexibility index (Phi) is 8.95. The van der Waals surface area contributed by atoms with Crippen LogP contribution in [-0.2, 0) is 14.4 Å². The Morgan fingerprint density at radius 3 is 2.38 bits per heavy atom. The minimum absolute atomic E-state index is 0.0107. The summed E-state index contributed by atoms with van der Waals surface area (Å²) in [6.07, 6.45) is 11.9. The van der Waals surface area contributed by atoms with Crippen LogP contribution < -0.4 is 20.9 Å². The number of fused-ring (bicyclic) bond motifs is 3. The van der Waals surface area contributed by atoms with E-state index in [1.165, 1.54) is 37.8 Å². The first-order chi connectivity index (χ1) is 19.2. The van der Waals surface area contributed by atoms with Crippen LogP contribution in [0.25, 0.3) is 0 Å². The number of amides is 2. The molecule has 3 atom stereocenters. The highest BCUT2D eigenvalue weighted by atomic mass is 35.5. The SMILES string of the molecule is CCC1ONC(C(=O)NC23CCC(NC(=O)COc4ccc(Cl)c(F)c4)(CC2)[C@@H](O)C3)C12CCCCCCCC2. The first kappa shape index (κ1) is 29.5. The Balaban J connectivity index is 1.20. The van der Waals surface area contributed by atoms with Crippen molar-refractivity contribution in [1.82, 2.24) is 16.1 Å². The average molecular weight is 580 g/mol. The minimum Gasteiger partial charge on any atom is -0.484 e. The van der Waals surface area contributed by atoms with Crippen molar-refractivity contribution < 1.29 is 28.7 Å². The number of hydroxylamine groups is 1. The Morgan fingerprint density at radius 1 is 1.07 bits per heavy atom. The van der Waals surface area contributed by atoms with Gasteiger partial charge in [0.05, 0.1) is 22.8 Å². The van der Waals surface area contributed by atoms with E-state index in [1.807, 2.05) is 0 Å². The van der Waals surface area contributed by atoms with Gasteiger partial charge in [-0.3, -0.25) is 14.4 Å². The quantitative estimate of drug-likeness (QED) is 0.373. The van der Waals surface area contributed by atoms with E-state index < -0.39 is 29.0 Å². The van der Waals surface area contributed by atoms with E-state index in [1.54, 1.807) is 0 Å². The predicted molar refractivity (Wildman–Crippen MR) is 149 cm³/mol. The maximum absolute atomic E-state index is 13.9. The van der Waals surface area contributed by atoms with E-state index in [0.717, 1.165) is 38.2 Å². The molecule has 4 saturated carbocycles. The third-order valence-corrected chi connectivity index (χ3v) is 10.4. The van der Waals surface area contributed by atoms with Gasteiger partial charge in [0, 0.05) is 17.0 Å². The number of hydrogen-bond donors (Lipinski definition) is 4. The molecule has 222 valence electrons. The molecule has 5 fully saturated rings. The average Bonchev–Trinajstić information content (AvgIpc) is 3.35. The topological polar surface area (TPSA) is 109 Å². The molecule has 4 aliphatic carbocycles. The lowest BCUT2D eigenvalue weighted by atomic mass is 9.59. The van der Waals surface area contributed by atoms with Crippen LogP contribution in [0.2, 0.25) is 5.02 Å². The van der Waals surface area contributed by atoms with Gasteiger partial charge in [0.15, 0.2) is 6.61 Å². The van der Waals surface area contributed by atoms with Crippen molar-refractivity contribution in [2.45, 2.75) is 126 Å². The molecule has 4 N–H and O–H groups in total. The standard InChI is InChI=1S/C30H43ClFN3O5/c1-2-24-29(11-7-5-3-4-6-8-12-29)26(35-40-24)27(38)34-28-13-15-30(16-14-28,23(36)18-28)33-25(37)19-39-20-9-10-21(31)22(32)17-20/h9-10,17,23-24,26,35-36H,2-8,11-16,18-19H2,1H3,(H,33,37)(H,34,38)/t23-,24?,26?,28?,30?/m0/s1. The number of carbonyl (C=O) groups is 2. The summed E-state index contributed by atoms with van der Waals surface area (Å²) >= 11 is 5.71. The van der Waals surface area contributed by atoms with Crippen molar-refractivity contribution in [1.29, 1.82) is 0 Å². The van der Waals surface area contributed by atoms with E-state index >= 15 is 0 Å². The van der Waals surface area contributed by atoms with Crippen LogP contribution in [0.5, 0.6) is 5.75 Å². The van der Waals surface area contributed by atoms with Crippen molar-refractivity contribution in [3.05, 3.63) is 29.0 Å². The Hall–Kier alpha value is -1.94. The molecule has 2 unspecified atom stereocenters. The van der Waals surface area contributed by atoms with Crippen LogP contribution in [0, 0.1) is 11.2 Å². The van der Waals surface area contributed by atoms with E-state index in [2.05, 4.69) is 23.0 Å².